The van der Waals surface area contributed by atoms with Crippen LogP contribution in [0.5, 0.6) is 5.75 Å². The number of aromatic hydroxyl groups is 1. The van der Waals surface area contributed by atoms with Crippen molar-refractivity contribution < 1.29 is 24.5 Å². The van der Waals surface area contributed by atoms with E-state index in [0.29, 0.717) is 5.69 Å². The zero-order chi connectivity index (χ0) is 15.1. The van der Waals surface area contributed by atoms with Crippen LogP contribution in [0.1, 0.15) is 0 Å². The molecule has 0 aromatic heterocycles. The van der Waals surface area contributed by atoms with Crippen LogP contribution in [0.3, 0.4) is 0 Å². The first-order chi connectivity index (χ1) is 9.45. The number of urea groups is 1. The van der Waals surface area contributed by atoms with Gasteiger partial charge in [0.2, 0.25) is 0 Å². The highest BCUT2D eigenvalue weighted by Crippen LogP contribution is 2.18. The van der Waals surface area contributed by atoms with Crippen molar-refractivity contribution in [3.63, 3.8) is 0 Å². The van der Waals surface area contributed by atoms with Gasteiger partial charge in [-0.15, -0.1) is 0 Å². The standard InChI is InChI=1S/C13H18N2O5/c1-14(10-3-5-11(16)6-4-10)13(19)15(7-8-20-2)9-12(17)18/h3-6,16H,7-9H2,1-2H3,(H,17,18). The van der Waals surface area contributed by atoms with Gasteiger partial charge in [-0.25, -0.2) is 4.79 Å². The molecule has 20 heavy (non-hydrogen) atoms. The number of hydrogen-bond donors (Lipinski definition) is 2. The van der Waals surface area contributed by atoms with E-state index < -0.39 is 18.5 Å². The van der Waals surface area contributed by atoms with Crippen LogP contribution >= 0.6 is 0 Å². The Kier molecular flexibility index (Phi) is 5.79. The molecule has 7 nitrogen and oxygen atoms in total. The molecule has 1 aromatic rings. The highest BCUT2D eigenvalue weighted by Gasteiger charge is 2.21. The molecule has 0 radical (unpaired) electrons. The van der Waals surface area contributed by atoms with Gasteiger partial charge < -0.3 is 19.8 Å². The average Bonchev–Trinajstić information content (AvgIpc) is 2.42. The first kappa shape index (κ1) is 15.8. The molecule has 0 atom stereocenters. The van der Waals surface area contributed by atoms with Crippen molar-refractivity contribution in [3.05, 3.63) is 24.3 Å². The van der Waals surface area contributed by atoms with Gasteiger partial charge in [-0.2, -0.15) is 0 Å². The van der Waals surface area contributed by atoms with Crippen molar-refractivity contribution in [1.82, 2.24) is 4.90 Å². The summed E-state index contributed by atoms with van der Waals surface area (Å²) in [5.74, 6) is -0.995. The van der Waals surface area contributed by atoms with E-state index in [0.717, 1.165) is 0 Å². The molecule has 0 saturated carbocycles. The maximum absolute atomic E-state index is 12.2. The van der Waals surface area contributed by atoms with Crippen LogP contribution in [0.15, 0.2) is 24.3 Å². The van der Waals surface area contributed by atoms with Gasteiger partial charge in [0.1, 0.15) is 12.3 Å². The summed E-state index contributed by atoms with van der Waals surface area (Å²) in [5, 5.41) is 18.0. The fourth-order valence-electron chi connectivity index (χ4n) is 1.61. The van der Waals surface area contributed by atoms with Crippen LogP contribution in [0.4, 0.5) is 10.5 Å². The fourth-order valence-corrected chi connectivity index (χ4v) is 1.61. The van der Waals surface area contributed by atoms with Gasteiger partial charge in [0.05, 0.1) is 6.61 Å². The number of nitrogens with zero attached hydrogens (tertiary/aromatic N) is 2. The minimum Gasteiger partial charge on any atom is -0.508 e. The van der Waals surface area contributed by atoms with E-state index in [1.165, 1.54) is 36.1 Å². The van der Waals surface area contributed by atoms with Gasteiger partial charge in [0, 0.05) is 26.4 Å². The van der Waals surface area contributed by atoms with Gasteiger partial charge in [0.25, 0.3) is 0 Å². The zero-order valence-electron chi connectivity index (χ0n) is 11.4. The predicted octanol–water partition coefficient (Wildman–Crippen LogP) is 0.981. The number of carbonyl (C=O) groups excluding carboxylic acids is 1. The zero-order valence-corrected chi connectivity index (χ0v) is 11.4. The lowest BCUT2D eigenvalue weighted by atomic mass is 10.3. The summed E-state index contributed by atoms with van der Waals surface area (Å²) in [6.45, 7) is 0.0388. The van der Waals surface area contributed by atoms with E-state index in [4.69, 9.17) is 9.84 Å². The third-order valence-corrected chi connectivity index (χ3v) is 2.69. The van der Waals surface area contributed by atoms with Gasteiger partial charge in [0.15, 0.2) is 0 Å². The number of methoxy groups -OCH3 is 1. The summed E-state index contributed by atoms with van der Waals surface area (Å²) < 4.78 is 4.87. The van der Waals surface area contributed by atoms with E-state index in [1.54, 1.807) is 12.1 Å². The average molecular weight is 282 g/mol. The highest BCUT2D eigenvalue weighted by molar-refractivity contribution is 5.93. The second kappa shape index (κ2) is 7.34. The number of phenols is 1. The maximum atomic E-state index is 12.2. The number of carboxylic acid groups (broad SMARTS) is 1. The summed E-state index contributed by atoms with van der Waals surface area (Å²) >= 11 is 0. The van der Waals surface area contributed by atoms with Crippen molar-refractivity contribution >= 4 is 17.7 Å². The summed E-state index contributed by atoms with van der Waals surface area (Å²) in [4.78, 5) is 25.5. The van der Waals surface area contributed by atoms with Crippen LogP contribution in [0.2, 0.25) is 0 Å². The molecule has 0 aliphatic heterocycles. The predicted molar refractivity (Wildman–Crippen MR) is 73.0 cm³/mol. The summed E-state index contributed by atoms with van der Waals surface area (Å²) in [7, 11) is 3.02. The number of anilines is 1. The molecule has 0 aliphatic carbocycles. The topological polar surface area (TPSA) is 90.3 Å². The van der Waals surface area contributed by atoms with E-state index >= 15 is 0 Å². The molecule has 1 aromatic carbocycles. The Hall–Kier alpha value is -2.28. The number of carboxylic acids is 1. The second-order valence-electron chi connectivity index (χ2n) is 4.17. The SMILES string of the molecule is COCCN(CC(=O)O)C(=O)N(C)c1ccc(O)cc1. The van der Waals surface area contributed by atoms with E-state index in [2.05, 4.69) is 0 Å². The van der Waals surface area contributed by atoms with Crippen molar-refractivity contribution in [1.29, 1.82) is 0 Å². The van der Waals surface area contributed by atoms with Crippen LogP contribution in [-0.4, -0.2) is 61.0 Å². The number of aliphatic carboxylic acids is 1. The van der Waals surface area contributed by atoms with Crippen molar-refractivity contribution in [2.45, 2.75) is 0 Å². The molecule has 0 unspecified atom stereocenters. The first-order valence-electron chi connectivity index (χ1n) is 5.98. The highest BCUT2D eigenvalue weighted by atomic mass is 16.5. The lowest BCUT2D eigenvalue weighted by Gasteiger charge is -2.26. The normalized spacial score (nSPS) is 10.1. The number of phenolic OH excluding ortho intramolecular Hbond substituents is 1. The Morgan fingerprint density at radius 3 is 2.35 bits per heavy atom. The fraction of sp³-hybridized carbons (Fsp3) is 0.385. The molecule has 110 valence electrons. The first-order valence-corrected chi connectivity index (χ1v) is 5.98. The number of ether oxygens (including phenoxy) is 1. The molecule has 2 amide bonds. The number of hydrogen-bond acceptors (Lipinski definition) is 4. The molecular formula is C13H18N2O5. The molecule has 0 spiro atoms. The molecule has 1 rings (SSSR count). The largest absolute Gasteiger partial charge is 0.508 e. The lowest BCUT2D eigenvalue weighted by Crippen LogP contribution is -2.45. The number of rotatable bonds is 6. The van der Waals surface area contributed by atoms with Crippen molar-refractivity contribution in [2.75, 3.05) is 38.8 Å². The van der Waals surface area contributed by atoms with Gasteiger partial charge >= 0.3 is 12.0 Å². The van der Waals surface area contributed by atoms with Gasteiger partial charge in [-0.3, -0.25) is 9.69 Å². The molecule has 0 bridgehead atoms. The van der Waals surface area contributed by atoms with Crippen LogP contribution in [-0.2, 0) is 9.53 Å². The van der Waals surface area contributed by atoms with E-state index in [9.17, 15) is 14.7 Å². The summed E-state index contributed by atoms with van der Waals surface area (Å²) in [6.07, 6.45) is 0. The second-order valence-corrected chi connectivity index (χ2v) is 4.17. The third-order valence-electron chi connectivity index (χ3n) is 2.69. The molecular weight excluding hydrogens is 264 g/mol. The van der Waals surface area contributed by atoms with Gasteiger partial charge in [-0.1, -0.05) is 0 Å². The Balaban J connectivity index is 2.81. The van der Waals surface area contributed by atoms with Crippen LogP contribution < -0.4 is 4.90 Å². The maximum Gasteiger partial charge on any atom is 0.324 e. The van der Waals surface area contributed by atoms with Crippen LogP contribution in [0.25, 0.3) is 0 Å². The van der Waals surface area contributed by atoms with Crippen molar-refractivity contribution in [3.8, 4) is 5.75 Å². The quantitative estimate of drug-likeness (QED) is 0.811. The Labute approximate surface area is 117 Å². The number of amides is 2. The van der Waals surface area contributed by atoms with Crippen LogP contribution in [0, 0.1) is 0 Å². The Morgan fingerprint density at radius 2 is 1.85 bits per heavy atom. The number of benzene rings is 1. The van der Waals surface area contributed by atoms with Crippen molar-refractivity contribution in [2.24, 2.45) is 0 Å². The Bertz CT molecular complexity index is 460. The van der Waals surface area contributed by atoms with Gasteiger partial charge in [-0.05, 0) is 24.3 Å². The molecule has 0 heterocycles. The minimum absolute atomic E-state index is 0.0939. The molecule has 2 N–H and O–H groups in total. The molecule has 7 heteroatoms. The lowest BCUT2D eigenvalue weighted by molar-refractivity contribution is -0.137. The molecule has 0 aliphatic rings. The van der Waals surface area contributed by atoms with E-state index in [-0.39, 0.29) is 18.9 Å². The molecule has 0 saturated heterocycles. The summed E-state index contributed by atoms with van der Waals surface area (Å²) in [5.41, 5.74) is 0.556. The Morgan fingerprint density at radius 1 is 1.25 bits per heavy atom. The third kappa shape index (κ3) is 4.43. The molecule has 0 fully saturated rings. The van der Waals surface area contributed by atoms with E-state index in [1.807, 2.05) is 0 Å². The number of carbonyl (C=O) groups is 2. The monoisotopic (exact) mass is 282 g/mol. The minimum atomic E-state index is -1.09. The smallest absolute Gasteiger partial charge is 0.324 e. The summed E-state index contributed by atoms with van der Waals surface area (Å²) in [6, 6.07) is 5.60.